The van der Waals surface area contributed by atoms with E-state index in [0.717, 1.165) is 25.8 Å². The van der Waals surface area contributed by atoms with E-state index in [1.807, 2.05) is 6.92 Å². The Morgan fingerprint density at radius 2 is 1.67 bits per heavy atom. The summed E-state index contributed by atoms with van der Waals surface area (Å²) in [5.41, 5.74) is -4.19. The standard InChI is InChI=1S/C13H21F3N4S/c1-3-5-10-19-11(17-6-4-2)9-12(20-10)18-7-8-21-13(14,15)16/h9H,3-8H2,1-2H3,(H2,17,18,19,20). The molecule has 0 aliphatic carbocycles. The highest BCUT2D eigenvalue weighted by Crippen LogP contribution is 2.29. The topological polar surface area (TPSA) is 49.8 Å². The van der Waals surface area contributed by atoms with Crippen molar-refractivity contribution in [3.63, 3.8) is 0 Å². The second-order valence-electron chi connectivity index (χ2n) is 4.45. The largest absolute Gasteiger partial charge is 0.441 e. The Kier molecular flexibility index (Phi) is 7.63. The monoisotopic (exact) mass is 322 g/mol. The van der Waals surface area contributed by atoms with Crippen molar-refractivity contribution in [1.82, 2.24) is 9.97 Å². The Labute approximate surface area is 127 Å². The molecule has 0 bridgehead atoms. The average Bonchev–Trinajstić information content (AvgIpc) is 2.41. The minimum absolute atomic E-state index is 0.0362. The molecule has 0 radical (unpaired) electrons. The van der Waals surface area contributed by atoms with Gasteiger partial charge in [0.05, 0.1) is 0 Å². The van der Waals surface area contributed by atoms with Crippen molar-refractivity contribution in [3.05, 3.63) is 11.9 Å². The summed E-state index contributed by atoms with van der Waals surface area (Å²) >= 11 is -0.0362. The van der Waals surface area contributed by atoms with E-state index >= 15 is 0 Å². The molecule has 8 heteroatoms. The number of halogens is 3. The van der Waals surface area contributed by atoms with Crippen molar-refractivity contribution in [2.75, 3.05) is 29.5 Å². The number of hydrogen-bond donors (Lipinski definition) is 2. The quantitative estimate of drug-likeness (QED) is 0.675. The van der Waals surface area contributed by atoms with E-state index in [0.29, 0.717) is 17.5 Å². The van der Waals surface area contributed by atoms with Gasteiger partial charge < -0.3 is 10.6 Å². The maximum absolute atomic E-state index is 12.0. The zero-order chi connectivity index (χ0) is 15.7. The van der Waals surface area contributed by atoms with Crippen LogP contribution in [0.1, 0.15) is 32.5 Å². The molecule has 0 aliphatic rings. The lowest BCUT2D eigenvalue weighted by atomic mass is 10.3. The lowest BCUT2D eigenvalue weighted by molar-refractivity contribution is -0.0327. The molecule has 1 rings (SSSR count). The summed E-state index contributed by atoms with van der Waals surface area (Å²) < 4.78 is 36.1. The van der Waals surface area contributed by atoms with Crippen molar-refractivity contribution in [3.8, 4) is 0 Å². The van der Waals surface area contributed by atoms with Crippen molar-refractivity contribution >= 4 is 23.4 Å². The molecular formula is C13H21F3N4S. The molecule has 0 atom stereocenters. The second-order valence-corrected chi connectivity index (χ2v) is 5.61. The van der Waals surface area contributed by atoms with Gasteiger partial charge in [0.25, 0.3) is 0 Å². The number of aromatic nitrogens is 2. The van der Waals surface area contributed by atoms with Gasteiger partial charge in [0.1, 0.15) is 17.5 Å². The number of nitrogens with zero attached hydrogens (tertiary/aromatic N) is 2. The maximum Gasteiger partial charge on any atom is 0.441 e. The Hall–Kier alpha value is -1.18. The van der Waals surface area contributed by atoms with Gasteiger partial charge in [-0.05, 0) is 24.6 Å². The van der Waals surface area contributed by atoms with Crippen LogP contribution < -0.4 is 10.6 Å². The molecule has 0 spiro atoms. The second kappa shape index (κ2) is 8.96. The molecule has 120 valence electrons. The first-order chi connectivity index (χ1) is 9.94. The number of rotatable bonds is 9. The molecule has 4 nitrogen and oxygen atoms in total. The zero-order valence-corrected chi connectivity index (χ0v) is 13.1. The van der Waals surface area contributed by atoms with Crippen LogP contribution in [0.3, 0.4) is 0 Å². The fourth-order valence-electron chi connectivity index (χ4n) is 1.61. The molecule has 0 saturated heterocycles. The van der Waals surface area contributed by atoms with Gasteiger partial charge in [-0.1, -0.05) is 13.8 Å². The predicted molar refractivity (Wildman–Crippen MR) is 81.8 cm³/mol. The summed E-state index contributed by atoms with van der Waals surface area (Å²) in [7, 11) is 0. The third-order valence-corrected chi connectivity index (χ3v) is 3.21. The fraction of sp³-hybridized carbons (Fsp3) is 0.692. The van der Waals surface area contributed by atoms with E-state index in [1.54, 1.807) is 6.07 Å². The van der Waals surface area contributed by atoms with Crippen LogP contribution in [0.5, 0.6) is 0 Å². The predicted octanol–water partition coefficient (Wildman–Crippen LogP) is 3.92. The minimum Gasteiger partial charge on any atom is -0.370 e. The van der Waals surface area contributed by atoms with Crippen LogP contribution >= 0.6 is 11.8 Å². The average molecular weight is 322 g/mol. The van der Waals surface area contributed by atoms with Gasteiger partial charge in [-0.15, -0.1) is 0 Å². The highest BCUT2D eigenvalue weighted by molar-refractivity contribution is 8.00. The van der Waals surface area contributed by atoms with Crippen LogP contribution in [0.2, 0.25) is 0 Å². The van der Waals surface area contributed by atoms with Gasteiger partial charge in [0, 0.05) is 31.3 Å². The number of alkyl halides is 3. The molecule has 0 unspecified atom stereocenters. The molecule has 0 saturated carbocycles. The maximum atomic E-state index is 12.0. The van der Waals surface area contributed by atoms with Crippen molar-refractivity contribution in [1.29, 1.82) is 0 Å². The summed E-state index contributed by atoms with van der Waals surface area (Å²) in [5, 5.41) is 6.09. The van der Waals surface area contributed by atoms with E-state index < -0.39 is 5.51 Å². The molecule has 1 heterocycles. The lowest BCUT2D eigenvalue weighted by Crippen LogP contribution is -2.12. The molecule has 1 aromatic heterocycles. The van der Waals surface area contributed by atoms with E-state index in [4.69, 9.17) is 0 Å². The minimum atomic E-state index is -4.19. The Morgan fingerprint density at radius 3 is 2.19 bits per heavy atom. The van der Waals surface area contributed by atoms with Crippen molar-refractivity contribution < 1.29 is 13.2 Å². The zero-order valence-electron chi connectivity index (χ0n) is 12.3. The van der Waals surface area contributed by atoms with Crippen LogP contribution in [0, 0.1) is 0 Å². The number of hydrogen-bond acceptors (Lipinski definition) is 5. The van der Waals surface area contributed by atoms with E-state index in [1.165, 1.54) is 0 Å². The summed E-state index contributed by atoms with van der Waals surface area (Å²) in [6.45, 7) is 5.09. The fourth-order valence-corrected chi connectivity index (χ4v) is 2.05. The van der Waals surface area contributed by atoms with Crippen LogP contribution in [0.4, 0.5) is 24.8 Å². The van der Waals surface area contributed by atoms with Gasteiger partial charge in [0.2, 0.25) is 0 Å². The molecule has 21 heavy (non-hydrogen) atoms. The van der Waals surface area contributed by atoms with Gasteiger partial charge in [-0.2, -0.15) is 13.2 Å². The smallest absolute Gasteiger partial charge is 0.370 e. The van der Waals surface area contributed by atoms with E-state index in [9.17, 15) is 13.2 Å². The Bertz CT molecular complexity index is 426. The highest BCUT2D eigenvalue weighted by atomic mass is 32.2. The first-order valence-corrected chi connectivity index (χ1v) is 7.99. The third kappa shape index (κ3) is 7.99. The molecule has 0 aliphatic heterocycles. The van der Waals surface area contributed by atoms with Gasteiger partial charge in [-0.25, -0.2) is 9.97 Å². The number of anilines is 2. The van der Waals surface area contributed by atoms with E-state index in [2.05, 4.69) is 27.5 Å². The molecule has 0 amide bonds. The van der Waals surface area contributed by atoms with Gasteiger partial charge in [-0.3, -0.25) is 0 Å². The van der Waals surface area contributed by atoms with Crippen molar-refractivity contribution in [2.45, 2.75) is 38.6 Å². The number of nitrogens with one attached hydrogen (secondary N) is 2. The third-order valence-electron chi connectivity index (χ3n) is 2.48. The first-order valence-electron chi connectivity index (χ1n) is 7.01. The van der Waals surface area contributed by atoms with Crippen LogP contribution in [-0.4, -0.2) is 34.3 Å². The molecule has 1 aromatic rings. The van der Waals surface area contributed by atoms with Crippen molar-refractivity contribution in [2.24, 2.45) is 0 Å². The van der Waals surface area contributed by atoms with Crippen LogP contribution in [-0.2, 0) is 6.42 Å². The SMILES string of the molecule is CCCNc1cc(NCCSC(F)(F)F)nc(CCC)n1. The molecular weight excluding hydrogens is 301 g/mol. The Balaban J connectivity index is 2.60. The lowest BCUT2D eigenvalue weighted by Gasteiger charge is -2.11. The number of thioether (sulfide) groups is 1. The summed E-state index contributed by atoms with van der Waals surface area (Å²) in [6, 6.07) is 1.73. The van der Waals surface area contributed by atoms with Gasteiger partial charge >= 0.3 is 5.51 Å². The summed E-state index contributed by atoms with van der Waals surface area (Å²) in [6.07, 6.45) is 2.63. The first kappa shape index (κ1) is 17.9. The van der Waals surface area contributed by atoms with Gasteiger partial charge in [0.15, 0.2) is 0 Å². The summed E-state index contributed by atoms with van der Waals surface area (Å²) in [5.74, 6) is 1.93. The molecule has 0 fully saturated rings. The molecule has 0 aromatic carbocycles. The number of aryl methyl sites for hydroxylation is 1. The summed E-state index contributed by atoms with van der Waals surface area (Å²) in [4.78, 5) is 8.69. The van der Waals surface area contributed by atoms with Crippen LogP contribution in [0.25, 0.3) is 0 Å². The van der Waals surface area contributed by atoms with Crippen LogP contribution in [0.15, 0.2) is 6.07 Å². The normalized spacial score (nSPS) is 11.5. The Morgan fingerprint density at radius 1 is 1.05 bits per heavy atom. The van der Waals surface area contributed by atoms with E-state index in [-0.39, 0.29) is 24.1 Å². The molecule has 2 N–H and O–H groups in total. The highest BCUT2D eigenvalue weighted by Gasteiger charge is 2.27.